The Labute approximate surface area is 545 Å². The molecule has 13 heteroatoms. The summed E-state index contributed by atoms with van der Waals surface area (Å²) in [6, 6.07) is 52.7. The van der Waals surface area contributed by atoms with E-state index in [1.807, 2.05) is 93.3 Å². The maximum absolute atomic E-state index is 8.45. The van der Waals surface area contributed by atoms with Crippen LogP contribution in [0.5, 0.6) is 0 Å². The monoisotopic (exact) mass is 1230 g/mol. The van der Waals surface area contributed by atoms with Gasteiger partial charge in [-0.05, 0) is 135 Å². The molecule has 11 heterocycles. The zero-order valence-corrected chi connectivity index (χ0v) is 55.5. The van der Waals surface area contributed by atoms with E-state index in [4.69, 9.17) is 16.0 Å². The van der Waals surface area contributed by atoms with Gasteiger partial charge in [-0.2, -0.15) is 0 Å². The standard InChI is InChI=1S/C28H30N5O.C28H27N2O.C24H20N3O/c1-15(2)25-30-26(16(3)4)32-27(31-25)19-10-13-22(33(7)14-19)23-17(5)8-11-20-21-12-9-18(6)29-28(21)34-24(20)23;1-17(2)20-8-10-21(11-9-20)22-14-15-30(5)25(16-22)26-18(3)6-12-23-24-13-7-19(4)29-28(24)31-27(23)26;1-15-7-9-18-19-10-8-16(2)26-24(19)28-23(18)22(15)21-14-17(11-13-27(21)3)20-6-4-5-12-25-20/h8-16H,1-7H3;6-17H,1-5H3;4-14H,1-3H3/q3*+1/i15D,16D;;. The SMILES string of the molecule is Cc1ccc2c(n1)oc1c(-c3cc(-c4ccc(C(C)C)cc4)cc[n+]3C)c(C)ccc12.Cc1ccc2c(n1)oc1c(-c3cc(-c4ccccn4)cc[n+]3C)c(C)ccc12.[2H]C(C)(C)c1nc(-c2ccc(-c3c(C)ccc4c3oc3nc(C)ccc34)[n+](C)c2)nc(C([2H])(C)C)n1. The van der Waals surface area contributed by atoms with Gasteiger partial charge in [-0.3, -0.25) is 4.98 Å². The molecule has 11 aromatic heterocycles. The Morgan fingerprint density at radius 1 is 0.387 bits per heavy atom. The van der Waals surface area contributed by atoms with Crippen LogP contribution in [-0.4, -0.2) is 34.9 Å². The number of fused-ring (bicyclic) bond motifs is 9. The van der Waals surface area contributed by atoms with Crippen LogP contribution in [0, 0.1) is 41.5 Å². The van der Waals surface area contributed by atoms with Crippen molar-refractivity contribution in [3.05, 3.63) is 227 Å². The molecule has 0 atom stereocenters. The highest BCUT2D eigenvalue weighted by molar-refractivity contribution is 6.11. The Bertz CT molecular complexity index is 5450. The van der Waals surface area contributed by atoms with E-state index in [0.29, 0.717) is 40.5 Å². The van der Waals surface area contributed by atoms with E-state index in [0.717, 1.165) is 128 Å². The number of benzene rings is 4. The Morgan fingerprint density at radius 2 is 0.817 bits per heavy atom. The van der Waals surface area contributed by atoms with Gasteiger partial charge < -0.3 is 13.3 Å². The van der Waals surface area contributed by atoms with Crippen LogP contribution in [0.3, 0.4) is 0 Å². The summed E-state index contributed by atoms with van der Waals surface area (Å²) >= 11 is 0. The van der Waals surface area contributed by atoms with Crippen LogP contribution in [0.25, 0.3) is 134 Å². The van der Waals surface area contributed by atoms with Crippen molar-refractivity contribution in [2.24, 2.45) is 21.1 Å². The lowest BCUT2D eigenvalue weighted by molar-refractivity contribution is -0.660. The molecule has 15 rings (SSSR count). The van der Waals surface area contributed by atoms with Crippen LogP contribution < -0.4 is 13.7 Å². The third-order valence-corrected chi connectivity index (χ3v) is 17.4. The van der Waals surface area contributed by atoms with Gasteiger partial charge in [0.05, 0.1) is 27.9 Å². The summed E-state index contributed by atoms with van der Waals surface area (Å²) in [6.07, 6.45) is 7.99. The van der Waals surface area contributed by atoms with Crippen molar-refractivity contribution in [1.29, 1.82) is 0 Å². The molecule has 0 aliphatic heterocycles. The van der Waals surface area contributed by atoms with Crippen LogP contribution >= 0.6 is 0 Å². The smallest absolute Gasteiger partial charge is 0.227 e. The molecule has 0 N–H and O–H groups in total. The van der Waals surface area contributed by atoms with Gasteiger partial charge in [0.25, 0.3) is 0 Å². The van der Waals surface area contributed by atoms with Crippen molar-refractivity contribution in [3.8, 4) is 67.5 Å². The summed E-state index contributed by atoms with van der Waals surface area (Å²) in [5.41, 5.74) is 23.9. The molecule has 4 aromatic carbocycles. The van der Waals surface area contributed by atoms with E-state index in [2.05, 4.69) is 208 Å². The van der Waals surface area contributed by atoms with Crippen LogP contribution in [0.4, 0.5) is 0 Å². The van der Waals surface area contributed by atoms with Crippen LogP contribution in [0.2, 0.25) is 0 Å². The quantitative estimate of drug-likeness (QED) is 0.128. The third-order valence-electron chi connectivity index (χ3n) is 17.4. The molecule has 0 bridgehead atoms. The number of nitrogens with zero attached hydrogens (tertiary/aromatic N) is 10. The molecule has 15 aromatic rings. The number of furan rings is 3. The molecule has 13 nitrogen and oxygen atoms in total. The second-order valence-corrected chi connectivity index (χ2v) is 25.2. The minimum absolute atomic E-state index is 0.347. The van der Waals surface area contributed by atoms with E-state index in [1.165, 1.54) is 22.3 Å². The van der Waals surface area contributed by atoms with Gasteiger partial charge in [-0.15, -0.1) is 0 Å². The first-order valence-corrected chi connectivity index (χ1v) is 31.5. The van der Waals surface area contributed by atoms with Gasteiger partial charge >= 0.3 is 0 Å². The van der Waals surface area contributed by atoms with Crippen molar-refractivity contribution in [2.45, 2.75) is 101 Å². The fourth-order valence-corrected chi connectivity index (χ4v) is 12.2. The zero-order chi connectivity index (χ0) is 66.9. The summed E-state index contributed by atoms with van der Waals surface area (Å²) in [5, 5.41) is 6.33. The first-order chi connectivity index (χ1) is 45.4. The number of aryl methyl sites for hydroxylation is 9. The minimum atomic E-state index is -1.01. The molecule has 0 aliphatic rings. The fourth-order valence-electron chi connectivity index (χ4n) is 12.2. The summed E-state index contributed by atoms with van der Waals surface area (Å²) in [5.74, 6) is -0.346. The normalized spacial score (nSPS) is 12.2. The molecule has 0 fully saturated rings. The number of pyridine rings is 7. The second kappa shape index (κ2) is 24.9. The van der Waals surface area contributed by atoms with Crippen molar-refractivity contribution in [3.63, 3.8) is 0 Å². The Hall–Kier alpha value is -10.7. The molecule has 0 saturated carbocycles. The van der Waals surface area contributed by atoms with Crippen LogP contribution in [-0.2, 0) is 21.1 Å². The molecule has 0 amide bonds. The highest BCUT2D eigenvalue weighted by Crippen LogP contribution is 2.41. The number of rotatable bonds is 9. The predicted octanol–water partition coefficient (Wildman–Crippen LogP) is 18.2. The van der Waals surface area contributed by atoms with E-state index >= 15 is 0 Å². The molecule has 93 heavy (non-hydrogen) atoms. The summed E-state index contributed by atoms with van der Waals surface area (Å²) < 4.78 is 42.1. The average Bonchev–Trinajstić information content (AvgIpc) is 1.66. The molecular weight excluding hydrogens is 1150 g/mol. The first kappa shape index (κ1) is 58.7. The van der Waals surface area contributed by atoms with Gasteiger partial charge in [0.2, 0.25) is 34.2 Å². The van der Waals surface area contributed by atoms with E-state index in [1.54, 1.807) is 27.7 Å². The van der Waals surface area contributed by atoms with Gasteiger partial charge in [-0.1, -0.05) is 108 Å². The summed E-state index contributed by atoms with van der Waals surface area (Å²) in [6.45, 7) is 23.7. The van der Waals surface area contributed by atoms with E-state index in [9.17, 15) is 0 Å². The van der Waals surface area contributed by atoms with E-state index in [-0.39, 0.29) is 0 Å². The average molecular weight is 1230 g/mol. The van der Waals surface area contributed by atoms with Gasteiger partial charge in [0.1, 0.15) is 32.8 Å². The summed E-state index contributed by atoms with van der Waals surface area (Å²) in [4.78, 5) is 31.9. The van der Waals surface area contributed by atoms with Gasteiger partial charge in [-0.25, -0.2) is 43.6 Å². The largest absolute Gasteiger partial charge is 0.437 e. The Balaban J connectivity index is 0.000000130. The lowest BCUT2D eigenvalue weighted by Crippen LogP contribution is -2.31. The van der Waals surface area contributed by atoms with Crippen LogP contribution in [0.1, 0.15) is 113 Å². The number of hydrogen-bond acceptors (Lipinski definition) is 10. The topological polar surface area (TPSA) is 141 Å². The van der Waals surface area contributed by atoms with E-state index < -0.39 is 11.8 Å². The van der Waals surface area contributed by atoms with Gasteiger partial charge in [0, 0.05) is 106 Å². The molecule has 0 saturated heterocycles. The molecular formula is C80H77N10O3+3. The Morgan fingerprint density at radius 3 is 1.25 bits per heavy atom. The highest BCUT2D eigenvalue weighted by atomic mass is 16.3. The lowest BCUT2D eigenvalue weighted by Gasteiger charge is -2.11. The predicted molar refractivity (Wildman–Crippen MR) is 373 cm³/mol. The highest BCUT2D eigenvalue weighted by Gasteiger charge is 2.26. The maximum Gasteiger partial charge on any atom is 0.227 e. The van der Waals surface area contributed by atoms with Crippen molar-refractivity contribution >= 4 is 66.2 Å². The lowest BCUT2D eigenvalue weighted by atomic mass is 9.96. The first-order valence-electron chi connectivity index (χ1n) is 32.5. The van der Waals surface area contributed by atoms with Crippen molar-refractivity contribution < 1.29 is 29.7 Å². The number of aromatic nitrogens is 10. The fraction of sp³-hybridized carbons (Fsp3) is 0.225. The molecule has 0 aliphatic carbocycles. The van der Waals surface area contributed by atoms with Crippen LogP contribution in [0.15, 0.2) is 190 Å². The van der Waals surface area contributed by atoms with Crippen molar-refractivity contribution in [1.82, 2.24) is 34.9 Å². The third kappa shape index (κ3) is 11.8. The zero-order valence-electron chi connectivity index (χ0n) is 57.5. The Kier molecular flexibility index (Phi) is 15.7. The number of hydrogen-bond donors (Lipinski definition) is 0. The van der Waals surface area contributed by atoms with Gasteiger partial charge in [0.15, 0.2) is 41.2 Å². The molecule has 0 radical (unpaired) electrons. The molecule has 0 spiro atoms. The second-order valence-electron chi connectivity index (χ2n) is 25.2. The molecule has 0 unspecified atom stereocenters. The van der Waals surface area contributed by atoms with Crippen molar-refractivity contribution in [2.75, 3.05) is 0 Å². The molecule has 462 valence electrons. The summed E-state index contributed by atoms with van der Waals surface area (Å²) in [7, 11) is 6.12. The minimum Gasteiger partial charge on any atom is -0.437 e. The maximum atomic E-state index is 8.45.